The molecule has 0 aromatic carbocycles. The lowest BCUT2D eigenvalue weighted by Crippen LogP contribution is -2.24. The van der Waals surface area contributed by atoms with Gasteiger partial charge in [0, 0.05) is 12.5 Å². The Morgan fingerprint density at radius 3 is 2.67 bits per heavy atom. The fourth-order valence-electron chi connectivity index (χ4n) is 1.53. The molecule has 0 spiro atoms. The average molecular weight is 246 g/mol. The van der Waals surface area contributed by atoms with Crippen LogP contribution in [0, 0.1) is 11.8 Å². The number of rotatable bonds is 5. The first-order valence-corrected chi connectivity index (χ1v) is 6.29. The summed E-state index contributed by atoms with van der Waals surface area (Å²) in [5, 5.41) is 2.38. The van der Waals surface area contributed by atoms with Crippen LogP contribution in [0.3, 0.4) is 0 Å². The van der Waals surface area contributed by atoms with Gasteiger partial charge in [0.1, 0.15) is 0 Å². The van der Waals surface area contributed by atoms with Gasteiger partial charge in [-0.1, -0.05) is 25.4 Å². The van der Waals surface area contributed by atoms with Crippen LogP contribution in [0.25, 0.3) is 0 Å². The zero-order valence-corrected chi connectivity index (χ0v) is 10.6. The number of nitrogens with two attached hydrogens (primary N) is 1. The van der Waals surface area contributed by atoms with Gasteiger partial charge in [-0.05, 0) is 23.8 Å². The number of carbonyl (C=O) groups excluding carboxylic acids is 1. The second-order valence-corrected chi connectivity index (χ2v) is 5.35. The smallest absolute Gasteiger partial charge is 0.178 e. The molecule has 1 unspecified atom stereocenters. The van der Waals surface area contributed by atoms with Gasteiger partial charge < -0.3 is 5.73 Å². The summed E-state index contributed by atoms with van der Waals surface area (Å²) in [7, 11) is 0. The molecule has 2 nitrogen and oxygen atoms in total. The second-order valence-electron chi connectivity index (χ2n) is 4.02. The summed E-state index contributed by atoms with van der Waals surface area (Å²) in [5.74, 6) is 0.466. The van der Waals surface area contributed by atoms with E-state index < -0.39 is 0 Å². The summed E-state index contributed by atoms with van der Waals surface area (Å²) < 4.78 is 0. The molecule has 0 aliphatic rings. The molecule has 0 radical (unpaired) electrons. The van der Waals surface area contributed by atoms with Gasteiger partial charge in [-0.2, -0.15) is 0 Å². The van der Waals surface area contributed by atoms with Crippen LogP contribution in [0.4, 0.5) is 0 Å². The Hall–Kier alpha value is -0.380. The zero-order valence-electron chi connectivity index (χ0n) is 9.00. The highest BCUT2D eigenvalue weighted by Crippen LogP contribution is 2.26. The van der Waals surface area contributed by atoms with Crippen molar-refractivity contribution in [1.82, 2.24) is 0 Å². The molecule has 0 bridgehead atoms. The Kier molecular flexibility index (Phi) is 4.77. The first kappa shape index (κ1) is 12.7. The van der Waals surface area contributed by atoms with Crippen molar-refractivity contribution in [2.75, 3.05) is 6.54 Å². The Morgan fingerprint density at radius 1 is 1.60 bits per heavy atom. The minimum Gasteiger partial charge on any atom is -0.330 e. The van der Waals surface area contributed by atoms with Crippen molar-refractivity contribution >= 4 is 28.7 Å². The molecule has 0 fully saturated rings. The average Bonchev–Trinajstić information content (AvgIpc) is 2.59. The highest BCUT2D eigenvalue weighted by Gasteiger charge is 2.22. The monoisotopic (exact) mass is 245 g/mol. The van der Waals surface area contributed by atoms with Gasteiger partial charge in [0.2, 0.25) is 0 Å². The quantitative estimate of drug-likeness (QED) is 0.810. The van der Waals surface area contributed by atoms with Crippen LogP contribution >= 0.6 is 22.9 Å². The lowest BCUT2D eigenvalue weighted by Gasteiger charge is -2.14. The molecule has 4 heteroatoms. The van der Waals surface area contributed by atoms with Gasteiger partial charge in [-0.25, -0.2) is 0 Å². The number of ketones is 1. The third-order valence-corrected chi connectivity index (χ3v) is 3.61. The van der Waals surface area contributed by atoms with E-state index in [0.717, 1.165) is 6.42 Å². The molecule has 15 heavy (non-hydrogen) atoms. The Balaban J connectivity index is 2.78. The minimum absolute atomic E-state index is 0.0891. The maximum Gasteiger partial charge on any atom is 0.178 e. The van der Waals surface area contributed by atoms with Crippen LogP contribution in [0.1, 0.15) is 29.9 Å². The van der Waals surface area contributed by atoms with Crippen LogP contribution in [0.15, 0.2) is 11.4 Å². The molecule has 1 heterocycles. The number of halogens is 1. The first-order valence-electron chi connectivity index (χ1n) is 5.03. The van der Waals surface area contributed by atoms with E-state index in [9.17, 15) is 4.79 Å². The van der Waals surface area contributed by atoms with Gasteiger partial charge in [0.15, 0.2) is 5.78 Å². The van der Waals surface area contributed by atoms with Crippen molar-refractivity contribution in [3.8, 4) is 0 Å². The summed E-state index contributed by atoms with van der Waals surface area (Å²) in [4.78, 5) is 12.7. The molecule has 1 aromatic heterocycles. The molecule has 0 saturated carbocycles. The van der Waals surface area contributed by atoms with Gasteiger partial charge in [-0.3, -0.25) is 4.79 Å². The van der Waals surface area contributed by atoms with Crippen LogP contribution in [-0.2, 0) is 0 Å². The van der Waals surface area contributed by atoms with E-state index in [1.807, 2.05) is 5.38 Å². The number of hydrogen-bond acceptors (Lipinski definition) is 3. The van der Waals surface area contributed by atoms with Gasteiger partial charge in [0.05, 0.1) is 9.90 Å². The van der Waals surface area contributed by atoms with Crippen molar-refractivity contribution in [3.63, 3.8) is 0 Å². The van der Waals surface area contributed by atoms with Crippen LogP contribution in [0.2, 0.25) is 5.02 Å². The van der Waals surface area contributed by atoms with Crippen molar-refractivity contribution in [3.05, 3.63) is 21.3 Å². The molecule has 1 atom stereocenters. The summed E-state index contributed by atoms with van der Waals surface area (Å²) in [6.45, 7) is 4.57. The molecular weight excluding hydrogens is 230 g/mol. The molecule has 1 aromatic rings. The third kappa shape index (κ3) is 3.30. The largest absolute Gasteiger partial charge is 0.330 e. The standard InChI is InChI=1S/C11H16ClNOS/c1-7(2)5-8(6-13)10(14)11-9(12)3-4-15-11/h3-4,7-8H,5-6,13H2,1-2H3. The highest BCUT2D eigenvalue weighted by atomic mass is 35.5. The maximum absolute atomic E-state index is 12.0. The Labute approximate surface area is 99.4 Å². The summed E-state index contributed by atoms with van der Waals surface area (Å²) >= 11 is 7.31. The first-order chi connectivity index (χ1) is 7.06. The van der Waals surface area contributed by atoms with Gasteiger partial charge in [0.25, 0.3) is 0 Å². The highest BCUT2D eigenvalue weighted by molar-refractivity contribution is 7.12. The SMILES string of the molecule is CC(C)CC(CN)C(=O)c1sccc1Cl. The van der Waals surface area contributed by atoms with E-state index in [-0.39, 0.29) is 11.7 Å². The van der Waals surface area contributed by atoms with Crippen LogP contribution in [-0.4, -0.2) is 12.3 Å². The van der Waals surface area contributed by atoms with Gasteiger partial charge >= 0.3 is 0 Å². The van der Waals surface area contributed by atoms with Crippen LogP contribution < -0.4 is 5.73 Å². The zero-order chi connectivity index (χ0) is 11.4. The number of Topliss-reactive ketones (excluding diaryl/α,β-unsaturated/α-hetero) is 1. The van der Waals surface area contributed by atoms with Crippen molar-refractivity contribution < 1.29 is 4.79 Å². The lowest BCUT2D eigenvalue weighted by molar-refractivity contribution is 0.0913. The summed E-state index contributed by atoms with van der Waals surface area (Å²) in [6, 6.07) is 1.75. The molecule has 1 rings (SSSR count). The van der Waals surface area contributed by atoms with E-state index in [1.165, 1.54) is 11.3 Å². The van der Waals surface area contributed by atoms with Crippen LogP contribution in [0.5, 0.6) is 0 Å². The number of carbonyl (C=O) groups is 1. The van der Waals surface area contributed by atoms with E-state index in [4.69, 9.17) is 17.3 Å². The molecule has 0 aliphatic carbocycles. The van der Waals surface area contributed by atoms with Crippen molar-refractivity contribution in [2.45, 2.75) is 20.3 Å². The number of hydrogen-bond donors (Lipinski definition) is 1. The van der Waals surface area contributed by atoms with E-state index in [2.05, 4.69) is 13.8 Å². The van der Waals surface area contributed by atoms with E-state index in [1.54, 1.807) is 6.07 Å². The van der Waals surface area contributed by atoms with Crippen molar-refractivity contribution in [1.29, 1.82) is 0 Å². The fourth-order valence-corrected chi connectivity index (χ4v) is 2.70. The summed E-state index contributed by atoms with van der Waals surface area (Å²) in [5.41, 5.74) is 5.62. The van der Waals surface area contributed by atoms with E-state index >= 15 is 0 Å². The summed E-state index contributed by atoms with van der Waals surface area (Å²) in [6.07, 6.45) is 0.823. The van der Waals surface area contributed by atoms with E-state index in [0.29, 0.717) is 22.4 Å². The molecule has 0 amide bonds. The Morgan fingerprint density at radius 2 is 2.27 bits per heavy atom. The molecule has 2 N–H and O–H groups in total. The molecule has 84 valence electrons. The fraction of sp³-hybridized carbons (Fsp3) is 0.545. The molecule has 0 aliphatic heterocycles. The Bertz CT molecular complexity index is 335. The number of thiophene rings is 1. The molecule has 0 saturated heterocycles. The predicted octanol–water partition coefficient (Wildman–Crippen LogP) is 3.21. The third-order valence-electron chi connectivity index (χ3n) is 2.25. The maximum atomic E-state index is 12.0. The topological polar surface area (TPSA) is 43.1 Å². The van der Waals surface area contributed by atoms with Gasteiger partial charge in [-0.15, -0.1) is 11.3 Å². The predicted molar refractivity (Wildman–Crippen MR) is 65.7 cm³/mol. The lowest BCUT2D eigenvalue weighted by atomic mass is 9.92. The normalized spacial score (nSPS) is 13.1. The van der Waals surface area contributed by atoms with Crippen molar-refractivity contribution in [2.24, 2.45) is 17.6 Å². The minimum atomic E-state index is -0.0962. The second kappa shape index (κ2) is 5.64. The molecular formula is C11H16ClNOS.